The first-order valence-corrected chi connectivity index (χ1v) is 6.66. The lowest BCUT2D eigenvalue weighted by molar-refractivity contribution is 0.0504. The van der Waals surface area contributed by atoms with Gasteiger partial charge < -0.3 is 10.1 Å². The summed E-state index contributed by atoms with van der Waals surface area (Å²) < 4.78 is 18.5. The van der Waals surface area contributed by atoms with Crippen molar-refractivity contribution in [1.82, 2.24) is 5.32 Å². The molecule has 1 aliphatic heterocycles. The predicted octanol–water partition coefficient (Wildman–Crippen LogP) is 3.51. The van der Waals surface area contributed by atoms with Crippen molar-refractivity contribution in [1.29, 1.82) is 0 Å². The molecular weight excluding hydrogens is 229 g/mol. The van der Waals surface area contributed by atoms with Gasteiger partial charge >= 0.3 is 0 Å². The molecular formula is C15H24FNO. The second-order valence-corrected chi connectivity index (χ2v) is 5.03. The first kappa shape index (κ1) is 15.1. The van der Waals surface area contributed by atoms with Gasteiger partial charge in [-0.1, -0.05) is 26.0 Å². The molecule has 1 saturated heterocycles. The van der Waals surface area contributed by atoms with Gasteiger partial charge in [-0.25, -0.2) is 4.39 Å². The van der Waals surface area contributed by atoms with E-state index in [1.165, 1.54) is 12.1 Å². The summed E-state index contributed by atoms with van der Waals surface area (Å²) >= 11 is 0. The Bertz CT molecular complexity index is 348. The highest BCUT2D eigenvalue weighted by Crippen LogP contribution is 2.21. The lowest BCUT2D eigenvalue weighted by Crippen LogP contribution is -2.31. The smallest absolute Gasteiger partial charge is 0.123 e. The zero-order chi connectivity index (χ0) is 13.6. The Labute approximate surface area is 110 Å². The van der Waals surface area contributed by atoms with Gasteiger partial charge in [0.05, 0.1) is 12.7 Å². The highest BCUT2D eigenvalue weighted by molar-refractivity contribution is 5.15. The normalized spacial score (nSPS) is 21.3. The summed E-state index contributed by atoms with van der Waals surface area (Å²) in [6, 6.07) is 6.47. The van der Waals surface area contributed by atoms with Crippen LogP contribution in [0.3, 0.4) is 0 Å². The Balaban J connectivity index is 0.000000771. The summed E-state index contributed by atoms with van der Waals surface area (Å²) in [6.45, 7) is 9.80. The molecule has 1 fully saturated rings. The van der Waals surface area contributed by atoms with Crippen molar-refractivity contribution < 1.29 is 9.13 Å². The van der Waals surface area contributed by atoms with Crippen LogP contribution in [0.1, 0.15) is 39.7 Å². The summed E-state index contributed by atoms with van der Waals surface area (Å²) in [5.41, 5.74) is 1.19. The number of benzene rings is 1. The average molecular weight is 253 g/mol. The molecule has 0 saturated carbocycles. The van der Waals surface area contributed by atoms with E-state index in [1.807, 2.05) is 13.8 Å². The highest BCUT2D eigenvalue weighted by Gasteiger charge is 2.30. The van der Waals surface area contributed by atoms with Gasteiger partial charge in [0.25, 0.3) is 0 Å². The first-order valence-electron chi connectivity index (χ1n) is 6.66. The Hall–Kier alpha value is -0.930. The maximum atomic E-state index is 12.7. The number of ether oxygens (including phenoxy) is 1. The van der Waals surface area contributed by atoms with Gasteiger partial charge in [0.2, 0.25) is 0 Å². The van der Waals surface area contributed by atoms with Crippen molar-refractivity contribution in [2.45, 2.75) is 52.4 Å². The standard InChI is InChI=1S/C13H18FNO.C2H6/c1-13(2)7-12(8-15-13)16-9-10-3-5-11(14)6-4-10;1-2/h3-6,12,15H,7-9H2,1-2H3;1-2H3. The van der Waals surface area contributed by atoms with Gasteiger partial charge in [-0.3, -0.25) is 0 Å². The molecule has 1 aliphatic rings. The number of halogens is 1. The zero-order valence-electron chi connectivity index (χ0n) is 11.8. The molecule has 0 bridgehead atoms. The Morgan fingerprint density at radius 2 is 1.89 bits per heavy atom. The third-order valence-corrected chi connectivity index (χ3v) is 2.95. The highest BCUT2D eigenvalue weighted by atomic mass is 19.1. The van der Waals surface area contributed by atoms with E-state index in [4.69, 9.17) is 4.74 Å². The Morgan fingerprint density at radius 3 is 2.39 bits per heavy atom. The Kier molecular flexibility index (Phi) is 5.76. The van der Waals surface area contributed by atoms with Crippen LogP contribution in [0.4, 0.5) is 4.39 Å². The molecule has 1 atom stereocenters. The molecule has 2 rings (SSSR count). The quantitative estimate of drug-likeness (QED) is 0.890. The summed E-state index contributed by atoms with van der Waals surface area (Å²) in [7, 11) is 0. The van der Waals surface area contributed by atoms with E-state index < -0.39 is 0 Å². The number of nitrogens with one attached hydrogen (secondary N) is 1. The van der Waals surface area contributed by atoms with Crippen molar-refractivity contribution in [3.8, 4) is 0 Å². The molecule has 1 aromatic rings. The molecule has 0 amide bonds. The van der Waals surface area contributed by atoms with Gasteiger partial charge in [0.15, 0.2) is 0 Å². The van der Waals surface area contributed by atoms with E-state index in [9.17, 15) is 4.39 Å². The molecule has 3 heteroatoms. The van der Waals surface area contributed by atoms with Crippen LogP contribution in [0.15, 0.2) is 24.3 Å². The molecule has 1 aromatic carbocycles. The van der Waals surface area contributed by atoms with Gasteiger partial charge in [-0.15, -0.1) is 0 Å². The van der Waals surface area contributed by atoms with E-state index in [0.717, 1.165) is 18.5 Å². The lowest BCUT2D eigenvalue weighted by Gasteiger charge is -2.17. The average Bonchev–Trinajstić information content (AvgIpc) is 2.71. The molecule has 18 heavy (non-hydrogen) atoms. The van der Waals surface area contributed by atoms with Crippen LogP contribution in [-0.4, -0.2) is 18.2 Å². The van der Waals surface area contributed by atoms with Crippen molar-refractivity contribution in [3.63, 3.8) is 0 Å². The van der Waals surface area contributed by atoms with Crippen LogP contribution in [0, 0.1) is 5.82 Å². The van der Waals surface area contributed by atoms with Gasteiger partial charge in [0, 0.05) is 12.1 Å². The van der Waals surface area contributed by atoms with E-state index in [2.05, 4.69) is 19.2 Å². The molecule has 0 spiro atoms. The van der Waals surface area contributed by atoms with Crippen molar-refractivity contribution >= 4 is 0 Å². The van der Waals surface area contributed by atoms with Crippen molar-refractivity contribution in [2.75, 3.05) is 6.54 Å². The third-order valence-electron chi connectivity index (χ3n) is 2.95. The van der Waals surface area contributed by atoms with Crippen LogP contribution >= 0.6 is 0 Å². The van der Waals surface area contributed by atoms with Crippen LogP contribution < -0.4 is 5.32 Å². The first-order chi connectivity index (χ1) is 8.55. The molecule has 0 radical (unpaired) electrons. The number of hydrogen-bond donors (Lipinski definition) is 1. The number of hydrogen-bond acceptors (Lipinski definition) is 2. The van der Waals surface area contributed by atoms with Crippen molar-refractivity contribution in [3.05, 3.63) is 35.6 Å². The van der Waals surface area contributed by atoms with Gasteiger partial charge in [0.1, 0.15) is 5.82 Å². The van der Waals surface area contributed by atoms with E-state index in [-0.39, 0.29) is 17.5 Å². The molecule has 1 N–H and O–H groups in total. The summed E-state index contributed by atoms with van der Waals surface area (Å²) in [5, 5.41) is 3.41. The second kappa shape index (κ2) is 6.86. The lowest BCUT2D eigenvalue weighted by atomic mass is 10.0. The van der Waals surface area contributed by atoms with Gasteiger partial charge in [-0.2, -0.15) is 0 Å². The largest absolute Gasteiger partial charge is 0.372 e. The molecule has 2 nitrogen and oxygen atoms in total. The third kappa shape index (κ3) is 4.75. The predicted molar refractivity (Wildman–Crippen MR) is 73.0 cm³/mol. The summed E-state index contributed by atoms with van der Waals surface area (Å²) in [6.07, 6.45) is 1.29. The fraction of sp³-hybridized carbons (Fsp3) is 0.600. The number of rotatable bonds is 3. The fourth-order valence-electron chi connectivity index (χ4n) is 2.02. The molecule has 0 aliphatic carbocycles. The molecule has 0 aromatic heterocycles. The summed E-state index contributed by atoms with van der Waals surface area (Å²) in [5.74, 6) is -0.201. The van der Waals surface area contributed by atoms with E-state index in [1.54, 1.807) is 12.1 Å². The Morgan fingerprint density at radius 1 is 1.28 bits per heavy atom. The van der Waals surface area contributed by atoms with E-state index >= 15 is 0 Å². The molecule has 1 heterocycles. The van der Waals surface area contributed by atoms with Crippen LogP contribution in [0.25, 0.3) is 0 Å². The topological polar surface area (TPSA) is 21.3 Å². The fourth-order valence-corrected chi connectivity index (χ4v) is 2.02. The summed E-state index contributed by atoms with van der Waals surface area (Å²) in [4.78, 5) is 0. The monoisotopic (exact) mass is 253 g/mol. The maximum Gasteiger partial charge on any atom is 0.123 e. The van der Waals surface area contributed by atoms with Crippen LogP contribution in [0.2, 0.25) is 0 Å². The maximum absolute atomic E-state index is 12.7. The minimum Gasteiger partial charge on any atom is -0.372 e. The zero-order valence-corrected chi connectivity index (χ0v) is 11.8. The minimum atomic E-state index is -0.201. The van der Waals surface area contributed by atoms with Crippen LogP contribution in [0.5, 0.6) is 0 Å². The SMILES string of the molecule is CC.CC1(C)CC(OCc2ccc(F)cc2)CN1. The second-order valence-electron chi connectivity index (χ2n) is 5.03. The molecule has 102 valence electrons. The minimum absolute atomic E-state index is 0.174. The van der Waals surface area contributed by atoms with Crippen LogP contribution in [-0.2, 0) is 11.3 Å². The van der Waals surface area contributed by atoms with E-state index in [0.29, 0.717) is 6.61 Å². The van der Waals surface area contributed by atoms with Crippen molar-refractivity contribution in [2.24, 2.45) is 0 Å². The molecule has 1 unspecified atom stereocenters. The van der Waals surface area contributed by atoms with Gasteiger partial charge in [-0.05, 0) is 38.0 Å².